The Morgan fingerprint density at radius 1 is 0.981 bits per heavy atom. The SMILES string of the molecule is CC[C@H](C)[C@H](NC(=O)[C@H](C(=O)CCC1CCCCC1)N(C(=O)CCc1cccnc1)N(C(=O)OC(C)(C)C)C(=O)[C@@H](N)Cc1ccccc1)C(=O)O. The number of carbonyl (C=O) groups is 6. The zero-order valence-corrected chi connectivity index (χ0v) is 31.1. The maximum atomic E-state index is 14.5. The number of hydrogen-bond acceptors (Lipinski definition) is 9. The topological polar surface area (TPSA) is 189 Å². The van der Waals surface area contributed by atoms with Crippen molar-refractivity contribution in [3.05, 3.63) is 66.0 Å². The fourth-order valence-corrected chi connectivity index (χ4v) is 6.25. The minimum Gasteiger partial charge on any atom is -0.480 e. The number of nitrogens with zero attached hydrogens (tertiary/aromatic N) is 3. The van der Waals surface area contributed by atoms with Gasteiger partial charge in [-0.25, -0.2) is 14.6 Å². The Kier molecular flexibility index (Phi) is 15.9. The molecule has 13 nitrogen and oxygen atoms in total. The van der Waals surface area contributed by atoms with Crippen molar-refractivity contribution in [2.45, 2.75) is 129 Å². The molecule has 0 unspecified atom stereocenters. The van der Waals surface area contributed by atoms with Crippen LogP contribution in [0.5, 0.6) is 0 Å². The Morgan fingerprint density at radius 3 is 2.21 bits per heavy atom. The highest BCUT2D eigenvalue weighted by molar-refractivity contribution is 6.10. The van der Waals surface area contributed by atoms with E-state index in [1.165, 1.54) is 0 Å². The third kappa shape index (κ3) is 12.5. The van der Waals surface area contributed by atoms with Gasteiger partial charge in [-0.05, 0) is 69.1 Å². The summed E-state index contributed by atoms with van der Waals surface area (Å²) in [7, 11) is 0. The lowest BCUT2D eigenvalue weighted by atomic mass is 9.85. The summed E-state index contributed by atoms with van der Waals surface area (Å²) in [6.45, 7) is 8.08. The van der Waals surface area contributed by atoms with E-state index >= 15 is 0 Å². The first kappa shape index (κ1) is 41.8. The number of carboxylic acids is 1. The lowest BCUT2D eigenvalue weighted by Gasteiger charge is -2.39. The van der Waals surface area contributed by atoms with Crippen LogP contribution in [0.15, 0.2) is 54.9 Å². The van der Waals surface area contributed by atoms with Crippen molar-refractivity contribution >= 4 is 35.6 Å². The molecule has 0 radical (unpaired) electrons. The lowest BCUT2D eigenvalue weighted by Crippen LogP contribution is -2.67. The quantitative estimate of drug-likeness (QED) is 0.157. The number of carbonyl (C=O) groups excluding carboxylic acids is 5. The number of aliphatic carboxylic acids is 1. The molecule has 1 aliphatic rings. The molecule has 1 aromatic carbocycles. The van der Waals surface area contributed by atoms with Crippen molar-refractivity contribution in [2.24, 2.45) is 17.6 Å². The van der Waals surface area contributed by atoms with Crippen LogP contribution in [0.25, 0.3) is 0 Å². The van der Waals surface area contributed by atoms with Crippen LogP contribution in [-0.2, 0) is 41.6 Å². The molecule has 3 rings (SSSR count). The van der Waals surface area contributed by atoms with E-state index in [1.807, 2.05) is 0 Å². The van der Waals surface area contributed by atoms with Crippen LogP contribution in [0.1, 0.15) is 104 Å². The highest BCUT2D eigenvalue weighted by atomic mass is 16.6. The van der Waals surface area contributed by atoms with Crippen molar-refractivity contribution in [1.29, 1.82) is 0 Å². The normalized spacial score (nSPS) is 15.7. The number of benzene rings is 1. The first-order valence-corrected chi connectivity index (χ1v) is 18.3. The first-order valence-electron chi connectivity index (χ1n) is 18.3. The molecule has 284 valence electrons. The van der Waals surface area contributed by atoms with Crippen molar-refractivity contribution in [3.63, 3.8) is 0 Å². The van der Waals surface area contributed by atoms with Gasteiger partial charge < -0.3 is 20.9 Å². The Balaban J connectivity index is 2.18. The second-order valence-corrected chi connectivity index (χ2v) is 14.6. The van der Waals surface area contributed by atoms with Crippen LogP contribution in [0.3, 0.4) is 0 Å². The summed E-state index contributed by atoms with van der Waals surface area (Å²) in [5.74, 6) is -5.56. The maximum absolute atomic E-state index is 14.5. The number of aromatic nitrogens is 1. The minimum atomic E-state index is -2.09. The lowest BCUT2D eigenvalue weighted by molar-refractivity contribution is -0.173. The number of Topliss-reactive ketones (excluding diaryl/α,β-unsaturated/α-hetero) is 1. The van der Waals surface area contributed by atoms with Gasteiger partial charge in [-0.15, -0.1) is 5.01 Å². The van der Waals surface area contributed by atoms with Crippen LogP contribution >= 0.6 is 0 Å². The summed E-state index contributed by atoms with van der Waals surface area (Å²) in [5.41, 5.74) is 6.58. The van der Waals surface area contributed by atoms with E-state index in [0.717, 1.165) is 32.1 Å². The van der Waals surface area contributed by atoms with E-state index in [2.05, 4.69) is 10.3 Å². The Hall–Kier alpha value is -4.65. The van der Waals surface area contributed by atoms with Crippen LogP contribution < -0.4 is 11.1 Å². The average Bonchev–Trinajstić information content (AvgIpc) is 3.11. The molecule has 52 heavy (non-hydrogen) atoms. The highest BCUT2D eigenvalue weighted by Gasteiger charge is 2.47. The number of imide groups is 1. The molecule has 0 saturated heterocycles. The zero-order chi connectivity index (χ0) is 38.4. The van der Waals surface area contributed by atoms with Crippen molar-refractivity contribution < 1.29 is 38.6 Å². The van der Waals surface area contributed by atoms with Crippen LogP contribution in [-0.4, -0.2) is 79.4 Å². The summed E-state index contributed by atoms with van der Waals surface area (Å²) in [5, 5.41) is 13.5. The second kappa shape index (κ2) is 19.8. The number of nitrogens with two attached hydrogens (primary N) is 1. The fraction of sp³-hybridized carbons (Fsp3) is 0.564. The van der Waals surface area contributed by atoms with Gasteiger partial charge in [0, 0.05) is 25.2 Å². The van der Waals surface area contributed by atoms with Crippen LogP contribution in [0, 0.1) is 11.8 Å². The number of carboxylic acid groups (broad SMARTS) is 1. The van der Waals surface area contributed by atoms with Crippen molar-refractivity contribution in [2.75, 3.05) is 0 Å². The summed E-state index contributed by atoms with van der Waals surface area (Å²) in [6, 6.07) is 7.29. The van der Waals surface area contributed by atoms with Gasteiger partial charge >= 0.3 is 12.1 Å². The molecule has 1 aromatic heterocycles. The largest absolute Gasteiger partial charge is 0.480 e. The average molecular weight is 722 g/mol. The standard InChI is InChI=1S/C39H55N5O8/c1-6-26(2)33(37(49)50)42-35(47)34(31(45)21-19-27-14-9-7-10-15-27)43(32(46)22-20-29-18-13-23-41-25-29)44(38(51)52-39(3,4)5)36(48)30(40)24-28-16-11-8-12-17-28/h8,11-13,16-18,23,25-27,30,33-34H,6-7,9-10,14-15,19-22,24,40H2,1-5H3,(H,42,47)(H,49,50)/t26-,30-,33-,34-/m0/s1. The monoisotopic (exact) mass is 721 g/mol. The van der Waals surface area contributed by atoms with E-state index in [9.17, 15) is 33.9 Å². The molecule has 0 aliphatic heterocycles. The second-order valence-electron chi connectivity index (χ2n) is 14.6. The smallest absolute Gasteiger partial charge is 0.436 e. The molecule has 0 bridgehead atoms. The number of aryl methyl sites for hydroxylation is 1. The number of ketones is 1. The van der Waals surface area contributed by atoms with Gasteiger partial charge in [0.1, 0.15) is 11.6 Å². The molecule has 0 spiro atoms. The summed E-state index contributed by atoms with van der Waals surface area (Å²) in [4.78, 5) is 88.2. The molecular formula is C39H55N5O8. The van der Waals surface area contributed by atoms with Gasteiger partial charge in [-0.1, -0.05) is 88.8 Å². The maximum Gasteiger partial charge on any atom is 0.436 e. The predicted octanol–water partition coefficient (Wildman–Crippen LogP) is 5.01. The molecule has 4 N–H and O–H groups in total. The number of nitrogens with one attached hydrogen (secondary N) is 1. The van der Waals surface area contributed by atoms with E-state index in [4.69, 9.17) is 10.5 Å². The molecule has 4 amide bonds. The number of ether oxygens (including phenoxy) is 1. The number of rotatable bonds is 16. The van der Waals surface area contributed by atoms with Crippen molar-refractivity contribution in [3.8, 4) is 0 Å². The Morgan fingerprint density at radius 2 is 1.63 bits per heavy atom. The van der Waals surface area contributed by atoms with Gasteiger partial charge in [0.25, 0.3) is 11.8 Å². The van der Waals surface area contributed by atoms with Crippen molar-refractivity contribution in [1.82, 2.24) is 20.3 Å². The van der Waals surface area contributed by atoms with Crippen LogP contribution in [0.4, 0.5) is 4.79 Å². The minimum absolute atomic E-state index is 0.0434. The molecular weight excluding hydrogens is 666 g/mol. The molecule has 13 heteroatoms. The Labute approximate surface area is 306 Å². The predicted molar refractivity (Wildman–Crippen MR) is 194 cm³/mol. The Bertz CT molecular complexity index is 1510. The van der Waals surface area contributed by atoms with Gasteiger partial charge in [-0.3, -0.25) is 24.2 Å². The summed E-state index contributed by atoms with van der Waals surface area (Å²) < 4.78 is 5.62. The van der Waals surface area contributed by atoms with E-state index in [1.54, 1.807) is 89.5 Å². The van der Waals surface area contributed by atoms with Gasteiger partial charge in [-0.2, -0.15) is 0 Å². The van der Waals surface area contributed by atoms with E-state index in [0.29, 0.717) is 34.0 Å². The number of hydrazine groups is 1. The number of amides is 4. The molecule has 1 fully saturated rings. The zero-order valence-electron chi connectivity index (χ0n) is 31.1. The third-order valence-electron chi connectivity index (χ3n) is 9.31. The van der Waals surface area contributed by atoms with E-state index < -0.39 is 65.2 Å². The van der Waals surface area contributed by atoms with Crippen LogP contribution in [0.2, 0.25) is 0 Å². The third-order valence-corrected chi connectivity index (χ3v) is 9.31. The molecule has 2 aromatic rings. The van der Waals surface area contributed by atoms with Gasteiger partial charge in [0.15, 0.2) is 11.8 Å². The molecule has 1 saturated carbocycles. The first-order chi connectivity index (χ1) is 24.6. The van der Waals surface area contributed by atoms with Gasteiger partial charge in [0.05, 0.1) is 6.04 Å². The molecule has 4 atom stereocenters. The number of hydrogen-bond donors (Lipinski definition) is 3. The molecule has 1 aliphatic carbocycles. The summed E-state index contributed by atoms with van der Waals surface area (Å²) in [6.07, 6.45) is 7.07. The van der Waals surface area contributed by atoms with Gasteiger partial charge in [0.2, 0.25) is 5.91 Å². The fourth-order valence-electron chi connectivity index (χ4n) is 6.25. The highest BCUT2D eigenvalue weighted by Crippen LogP contribution is 2.28. The summed E-state index contributed by atoms with van der Waals surface area (Å²) >= 11 is 0. The number of pyridine rings is 1. The van der Waals surface area contributed by atoms with E-state index in [-0.39, 0.29) is 31.6 Å². The molecule has 1 heterocycles.